The van der Waals surface area contributed by atoms with Crippen LogP contribution in [0.3, 0.4) is 0 Å². The summed E-state index contributed by atoms with van der Waals surface area (Å²) in [7, 11) is 1.51. The SMILES string of the molecule is CNC(=O)C1COCCN1c1nc(Cl)ncc1F. The topological polar surface area (TPSA) is 67.3 Å². The summed E-state index contributed by atoms with van der Waals surface area (Å²) in [5, 5.41) is 2.45. The highest BCUT2D eigenvalue weighted by Gasteiger charge is 2.31. The van der Waals surface area contributed by atoms with Gasteiger partial charge in [0.15, 0.2) is 11.6 Å². The second-order valence-electron chi connectivity index (χ2n) is 3.71. The van der Waals surface area contributed by atoms with E-state index in [1.807, 2.05) is 0 Å². The maximum atomic E-state index is 13.7. The molecule has 98 valence electrons. The predicted molar refractivity (Wildman–Crippen MR) is 63.0 cm³/mol. The fourth-order valence-corrected chi connectivity index (χ4v) is 1.91. The van der Waals surface area contributed by atoms with Crippen LogP contribution in [0.5, 0.6) is 0 Å². The number of anilines is 1. The fraction of sp³-hybridized carbons (Fsp3) is 0.500. The molecule has 1 aromatic rings. The van der Waals surface area contributed by atoms with Gasteiger partial charge < -0.3 is 15.0 Å². The molecule has 0 spiro atoms. The molecule has 1 aromatic heterocycles. The van der Waals surface area contributed by atoms with Gasteiger partial charge in [0.05, 0.1) is 19.4 Å². The van der Waals surface area contributed by atoms with Gasteiger partial charge >= 0.3 is 0 Å². The molecule has 1 aliphatic rings. The first-order chi connectivity index (χ1) is 8.63. The van der Waals surface area contributed by atoms with E-state index in [9.17, 15) is 9.18 Å². The van der Waals surface area contributed by atoms with Crippen molar-refractivity contribution in [2.75, 3.05) is 31.7 Å². The average molecular weight is 275 g/mol. The highest BCUT2D eigenvalue weighted by atomic mass is 35.5. The Kier molecular flexibility index (Phi) is 3.93. The molecule has 6 nitrogen and oxygen atoms in total. The molecule has 1 amide bonds. The van der Waals surface area contributed by atoms with Crippen LogP contribution in [0.1, 0.15) is 0 Å². The third kappa shape index (κ3) is 2.51. The first kappa shape index (κ1) is 13.0. The first-order valence-electron chi connectivity index (χ1n) is 5.37. The Morgan fingerprint density at radius 1 is 1.72 bits per heavy atom. The number of likely N-dealkylation sites (N-methyl/N-ethyl adjacent to an activating group) is 1. The molecule has 0 radical (unpaired) electrons. The van der Waals surface area contributed by atoms with E-state index in [4.69, 9.17) is 16.3 Å². The molecule has 1 saturated heterocycles. The standard InChI is InChI=1S/C10H12ClFN4O2/c1-13-9(17)7-5-18-3-2-16(7)8-6(12)4-14-10(11)15-8/h4,7H,2-3,5H2,1H3,(H,13,17). The summed E-state index contributed by atoms with van der Waals surface area (Å²) in [6.45, 7) is 0.942. The lowest BCUT2D eigenvalue weighted by Gasteiger charge is -2.35. The number of ether oxygens (including phenoxy) is 1. The molecule has 2 heterocycles. The van der Waals surface area contributed by atoms with Crippen LogP contribution in [0.15, 0.2) is 6.20 Å². The van der Waals surface area contributed by atoms with E-state index in [1.165, 1.54) is 11.9 Å². The number of halogens is 2. The number of aromatic nitrogens is 2. The Labute approximate surface area is 108 Å². The molecular formula is C10H12ClFN4O2. The third-order valence-electron chi connectivity index (χ3n) is 2.65. The van der Waals surface area contributed by atoms with Crippen LogP contribution in [0.25, 0.3) is 0 Å². The minimum atomic E-state index is -0.621. The predicted octanol–water partition coefficient (Wildman–Crippen LogP) is 0.220. The van der Waals surface area contributed by atoms with Crippen molar-refractivity contribution >= 4 is 23.3 Å². The Hall–Kier alpha value is -1.47. The van der Waals surface area contributed by atoms with Crippen molar-refractivity contribution in [2.24, 2.45) is 0 Å². The van der Waals surface area contributed by atoms with E-state index in [0.29, 0.717) is 13.2 Å². The Morgan fingerprint density at radius 2 is 2.50 bits per heavy atom. The van der Waals surface area contributed by atoms with E-state index >= 15 is 0 Å². The van der Waals surface area contributed by atoms with E-state index in [1.54, 1.807) is 0 Å². The van der Waals surface area contributed by atoms with E-state index < -0.39 is 11.9 Å². The third-order valence-corrected chi connectivity index (χ3v) is 2.83. The molecule has 1 unspecified atom stereocenters. The van der Waals surface area contributed by atoms with Gasteiger partial charge in [0.2, 0.25) is 11.2 Å². The van der Waals surface area contributed by atoms with Gasteiger partial charge in [-0.05, 0) is 11.6 Å². The number of nitrogens with one attached hydrogen (secondary N) is 1. The van der Waals surface area contributed by atoms with Crippen LogP contribution in [-0.4, -0.2) is 48.7 Å². The average Bonchev–Trinajstić information content (AvgIpc) is 2.40. The molecule has 0 aromatic carbocycles. The van der Waals surface area contributed by atoms with Crippen LogP contribution >= 0.6 is 11.6 Å². The molecule has 0 aliphatic carbocycles. The lowest BCUT2D eigenvalue weighted by atomic mass is 10.2. The zero-order valence-electron chi connectivity index (χ0n) is 9.69. The van der Waals surface area contributed by atoms with Crippen LogP contribution in [0, 0.1) is 5.82 Å². The monoisotopic (exact) mass is 274 g/mol. The van der Waals surface area contributed by atoms with E-state index in [0.717, 1.165) is 6.20 Å². The summed E-state index contributed by atoms with van der Waals surface area (Å²) in [5.74, 6) is -0.856. The molecule has 8 heteroatoms. The van der Waals surface area contributed by atoms with E-state index in [-0.39, 0.29) is 23.6 Å². The Bertz CT molecular complexity index is 460. The number of morpholine rings is 1. The van der Waals surface area contributed by atoms with Gasteiger partial charge in [0, 0.05) is 13.6 Å². The van der Waals surface area contributed by atoms with Crippen LogP contribution < -0.4 is 10.2 Å². The summed E-state index contributed by atoms with van der Waals surface area (Å²) in [6, 6.07) is -0.621. The van der Waals surface area contributed by atoms with Crippen molar-refractivity contribution < 1.29 is 13.9 Å². The first-order valence-corrected chi connectivity index (χ1v) is 5.75. The molecule has 18 heavy (non-hydrogen) atoms. The van der Waals surface area contributed by atoms with Gasteiger partial charge in [-0.2, -0.15) is 4.98 Å². The summed E-state index contributed by atoms with van der Waals surface area (Å²) in [5.41, 5.74) is 0. The summed E-state index contributed by atoms with van der Waals surface area (Å²) >= 11 is 5.65. The van der Waals surface area contributed by atoms with Gasteiger partial charge in [-0.1, -0.05) is 0 Å². The van der Waals surface area contributed by atoms with Crippen molar-refractivity contribution in [3.05, 3.63) is 17.3 Å². The van der Waals surface area contributed by atoms with E-state index in [2.05, 4.69) is 15.3 Å². The van der Waals surface area contributed by atoms with Crippen molar-refractivity contribution in [1.82, 2.24) is 15.3 Å². The minimum absolute atomic E-state index is 0.0203. The number of nitrogens with zero attached hydrogens (tertiary/aromatic N) is 3. The number of carbonyl (C=O) groups is 1. The zero-order valence-corrected chi connectivity index (χ0v) is 10.4. The zero-order chi connectivity index (χ0) is 13.1. The van der Waals surface area contributed by atoms with Crippen LogP contribution in [0.4, 0.5) is 10.2 Å². The lowest BCUT2D eigenvalue weighted by molar-refractivity contribution is -0.124. The number of rotatable bonds is 2. The summed E-state index contributed by atoms with van der Waals surface area (Å²) < 4.78 is 18.9. The highest BCUT2D eigenvalue weighted by molar-refractivity contribution is 6.28. The Balaban J connectivity index is 2.33. The number of amides is 1. The van der Waals surface area contributed by atoms with Gasteiger partial charge in [0.1, 0.15) is 6.04 Å². The number of hydrogen-bond acceptors (Lipinski definition) is 5. The van der Waals surface area contributed by atoms with Gasteiger partial charge in [-0.15, -0.1) is 0 Å². The smallest absolute Gasteiger partial charge is 0.244 e. The maximum Gasteiger partial charge on any atom is 0.244 e. The molecule has 0 bridgehead atoms. The van der Waals surface area contributed by atoms with Crippen LogP contribution in [-0.2, 0) is 9.53 Å². The quantitative estimate of drug-likeness (QED) is 0.782. The summed E-state index contributed by atoms with van der Waals surface area (Å²) in [4.78, 5) is 20.6. The molecule has 1 aliphatic heterocycles. The van der Waals surface area contributed by atoms with Crippen molar-refractivity contribution in [1.29, 1.82) is 0 Å². The van der Waals surface area contributed by atoms with Crippen molar-refractivity contribution in [2.45, 2.75) is 6.04 Å². The molecule has 1 atom stereocenters. The van der Waals surface area contributed by atoms with Crippen molar-refractivity contribution in [3.8, 4) is 0 Å². The Morgan fingerprint density at radius 3 is 3.22 bits per heavy atom. The molecule has 0 saturated carbocycles. The normalized spacial score (nSPS) is 19.7. The molecular weight excluding hydrogens is 263 g/mol. The van der Waals surface area contributed by atoms with Gasteiger partial charge in [0.25, 0.3) is 0 Å². The van der Waals surface area contributed by atoms with Crippen molar-refractivity contribution in [3.63, 3.8) is 0 Å². The van der Waals surface area contributed by atoms with Gasteiger partial charge in [-0.3, -0.25) is 4.79 Å². The van der Waals surface area contributed by atoms with Crippen LogP contribution in [0.2, 0.25) is 5.28 Å². The lowest BCUT2D eigenvalue weighted by Crippen LogP contribution is -2.54. The fourth-order valence-electron chi connectivity index (χ4n) is 1.78. The number of carbonyl (C=O) groups excluding carboxylic acids is 1. The van der Waals surface area contributed by atoms with Gasteiger partial charge in [-0.25, -0.2) is 9.37 Å². The summed E-state index contributed by atoms with van der Waals surface area (Å²) in [6.07, 6.45) is 0.987. The number of hydrogen-bond donors (Lipinski definition) is 1. The maximum absolute atomic E-state index is 13.7. The highest BCUT2D eigenvalue weighted by Crippen LogP contribution is 2.21. The minimum Gasteiger partial charge on any atom is -0.377 e. The molecule has 1 fully saturated rings. The largest absolute Gasteiger partial charge is 0.377 e. The second-order valence-corrected chi connectivity index (χ2v) is 4.05. The molecule has 2 rings (SSSR count). The molecule has 1 N–H and O–H groups in total. The second kappa shape index (κ2) is 5.45.